The van der Waals surface area contributed by atoms with E-state index in [0.29, 0.717) is 6.04 Å². The fourth-order valence-electron chi connectivity index (χ4n) is 2.81. The van der Waals surface area contributed by atoms with Crippen LogP contribution in [0.2, 0.25) is 0 Å². The third-order valence-electron chi connectivity index (χ3n) is 4.05. The van der Waals surface area contributed by atoms with Crippen LogP contribution in [0.1, 0.15) is 36.4 Å². The van der Waals surface area contributed by atoms with Gasteiger partial charge in [-0.2, -0.15) is 0 Å². The van der Waals surface area contributed by atoms with Gasteiger partial charge in [-0.05, 0) is 42.9 Å². The lowest BCUT2D eigenvalue weighted by atomic mass is 9.96. The highest BCUT2D eigenvalue weighted by atomic mass is 16.1. The Bertz CT molecular complexity index is 496. The van der Waals surface area contributed by atoms with Crippen molar-refractivity contribution in [3.8, 4) is 0 Å². The number of carbonyl (C=O) groups excluding carboxylic acids is 1. The molecule has 19 heavy (non-hydrogen) atoms. The van der Waals surface area contributed by atoms with Gasteiger partial charge in [-0.1, -0.05) is 12.1 Å². The molecule has 4 nitrogen and oxygen atoms in total. The van der Waals surface area contributed by atoms with Crippen molar-refractivity contribution in [1.82, 2.24) is 5.32 Å². The zero-order valence-corrected chi connectivity index (χ0v) is 11.4. The minimum atomic E-state index is -0.343. The summed E-state index contributed by atoms with van der Waals surface area (Å²) in [4.78, 5) is 13.9. The molecule has 1 atom stereocenters. The van der Waals surface area contributed by atoms with E-state index in [1.807, 2.05) is 6.07 Å². The zero-order chi connectivity index (χ0) is 13.4. The number of amides is 1. The lowest BCUT2D eigenvalue weighted by molar-refractivity contribution is -0.120. The Morgan fingerprint density at radius 1 is 1.47 bits per heavy atom. The van der Waals surface area contributed by atoms with Gasteiger partial charge >= 0.3 is 0 Å². The van der Waals surface area contributed by atoms with E-state index in [1.165, 1.54) is 17.7 Å². The molecule has 1 amide bonds. The molecule has 102 valence electrons. The molecule has 0 radical (unpaired) electrons. The Morgan fingerprint density at radius 3 is 2.95 bits per heavy atom. The van der Waals surface area contributed by atoms with Gasteiger partial charge in [-0.15, -0.1) is 0 Å². The largest absolute Gasteiger partial charge is 0.374 e. The molecule has 0 bridgehead atoms. The first kappa shape index (κ1) is 12.5. The average molecular weight is 259 g/mol. The Kier molecular flexibility index (Phi) is 3.19. The van der Waals surface area contributed by atoms with Crippen molar-refractivity contribution in [3.63, 3.8) is 0 Å². The van der Waals surface area contributed by atoms with Crippen molar-refractivity contribution < 1.29 is 4.79 Å². The molecule has 3 N–H and O–H groups in total. The summed E-state index contributed by atoms with van der Waals surface area (Å²) < 4.78 is 0. The predicted molar refractivity (Wildman–Crippen MR) is 76.1 cm³/mol. The number of benzene rings is 1. The molecule has 1 aromatic rings. The molecule has 0 spiro atoms. The van der Waals surface area contributed by atoms with Gasteiger partial charge in [-0.25, -0.2) is 0 Å². The van der Waals surface area contributed by atoms with Crippen LogP contribution in [0.15, 0.2) is 18.2 Å². The van der Waals surface area contributed by atoms with Crippen molar-refractivity contribution >= 4 is 11.6 Å². The summed E-state index contributed by atoms with van der Waals surface area (Å²) in [5.74, 6) is -0.281. The molecule has 1 aromatic carbocycles. The number of nitrogens with one attached hydrogen (secondary N) is 1. The van der Waals surface area contributed by atoms with Gasteiger partial charge in [0.05, 0.1) is 0 Å². The van der Waals surface area contributed by atoms with Crippen molar-refractivity contribution in [2.45, 2.75) is 37.8 Å². The predicted octanol–water partition coefficient (Wildman–Crippen LogP) is 1.35. The number of rotatable bonds is 4. The van der Waals surface area contributed by atoms with E-state index in [2.05, 4.69) is 29.4 Å². The first-order valence-corrected chi connectivity index (χ1v) is 7.04. The number of hydrogen-bond acceptors (Lipinski definition) is 3. The quantitative estimate of drug-likeness (QED) is 0.858. The number of nitrogens with two attached hydrogens (primary N) is 1. The van der Waals surface area contributed by atoms with E-state index in [0.717, 1.165) is 31.4 Å². The highest BCUT2D eigenvalue weighted by molar-refractivity contribution is 5.82. The summed E-state index contributed by atoms with van der Waals surface area (Å²) >= 11 is 0. The number of hydrogen-bond donors (Lipinski definition) is 2. The molecule has 1 unspecified atom stereocenters. The maximum atomic E-state index is 11.6. The minimum Gasteiger partial charge on any atom is -0.374 e. The van der Waals surface area contributed by atoms with Gasteiger partial charge in [0, 0.05) is 25.3 Å². The van der Waals surface area contributed by atoms with Gasteiger partial charge in [0.25, 0.3) is 0 Å². The molecule has 2 aliphatic rings. The fraction of sp³-hybridized carbons (Fsp3) is 0.533. The number of aryl methyl sites for hydroxylation is 1. The summed E-state index contributed by atoms with van der Waals surface area (Å²) in [6.45, 7) is 1.10. The molecule has 1 aliphatic heterocycles. The standard InChI is InChI=1S/C15H21N3O/c1-18-8-2-3-10-9-11(4-7-13(10)18)14(15(16)19)17-12-5-6-12/h4,7,9,12,14,17H,2-3,5-6,8H2,1H3,(H2,16,19). The van der Waals surface area contributed by atoms with Crippen LogP contribution in [0.5, 0.6) is 0 Å². The molecule has 1 heterocycles. The first-order valence-electron chi connectivity index (χ1n) is 7.04. The van der Waals surface area contributed by atoms with Gasteiger partial charge in [0.2, 0.25) is 5.91 Å². The normalized spacial score (nSPS) is 19.9. The molecule has 3 rings (SSSR count). The van der Waals surface area contributed by atoms with Crippen LogP contribution in [-0.2, 0) is 11.2 Å². The number of fused-ring (bicyclic) bond motifs is 1. The zero-order valence-electron chi connectivity index (χ0n) is 11.4. The first-order chi connectivity index (χ1) is 9.15. The van der Waals surface area contributed by atoms with E-state index in [1.54, 1.807) is 0 Å². The van der Waals surface area contributed by atoms with Crippen LogP contribution in [0.25, 0.3) is 0 Å². The summed E-state index contributed by atoms with van der Waals surface area (Å²) in [6.07, 6.45) is 4.56. The minimum absolute atomic E-state index is 0.281. The van der Waals surface area contributed by atoms with Crippen LogP contribution in [0.4, 0.5) is 5.69 Å². The SMILES string of the molecule is CN1CCCc2cc(C(NC3CC3)C(N)=O)ccc21. The molecule has 1 fully saturated rings. The van der Waals surface area contributed by atoms with Crippen LogP contribution in [0, 0.1) is 0 Å². The van der Waals surface area contributed by atoms with E-state index >= 15 is 0 Å². The van der Waals surface area contributed by atoms with E-state index in [-0.39, 0.29) is 11.9 Å². The van der Waals surface area contributed by atoms with Crippen molar-refractivity contribution in [2.75, 3.05) is 18.5 Å². The third-order valence-corrected chi connectivity index (χ3v) is 4.05. The van der Waals surface area contributed by atoms with Gasteiger partial charge in [0.1, 0.15) is 6.04 Å². The Labute approximate surface area is 114 Å². The number of primary amides is 1. The summed E-state index contributed by atoms with van der Waals surface area (Å²) in [5, 5.41) is 3.34. The lowest BCUT2D eigenvalue weighted by Crippen LogP contribution is -2.35. The summed E-state index contributed by atoms with van der Waals surface area (Å²) in [7, 11) is 2.12. The van der Waals surface area contributed by atoms with Gasteiger partial charge in [-0.3, -0.25) is 10.1 Å². The third kappa shape index (κ3) is 2.59. The molecule has 0 aromatic heterocycles. The van der Waals surface area contributed by atoms with E-state index in [9.17, 15) is 4.79 Å². The summed E-state index contributed by atoms with van der Waals surface area (Å²) in [5.41, 5.74) is 9.16. The number of anilines is 1. The second-order valence-corrected chi connectivity index (χ2v) is 5.69. The van der Waals surface area contributed by atoms with Gasteiger partial charge in [0.15, 0.2) is 0 Å². The van der Waals surface area contributed by atoms with Crippen LogP contribution in [0.3, 0.4) is 0 Å². The molecular formula is C15H21N3O. The topological polar surface area (TPSA) is 58.4 Å². The maximum Gasteiger partial charge on any atom is 0.239 e. The second kappa shape index (κ2) is 4.85. The Hall–Kier alpha value is -1.55. The van der Waals surface area contributed by atoms with Crippen molar-refractivity contribution in [2.24, 2.45) is 5.73 Å². The number of carbonyl (C=O) groups is 1. The Morgan fingerprint density at radius 2 is 2.26 bits per heavy atom. The van der Waals surface area contributed by atoms with Crippen LogP contribution < -0.4 is 16.0 Å². The summed E-state index contributed by atoms with van der Waals surface area (Å²) in [6, 6.07) is 6.43. The molecule has 1 aliphatic carbocycles. The molecular weight excluding hydrogens is 238 g/mol. The van der Waals surface area contributed by atoms with Crippen molar-refractivity contribution in [3.05, 3.63) is 29.3 Å². The second-order valence-electron chi connectivity index (χ2n) is 5.69. The maximum absolute atomic E-state index is 11.6. The smallest absolute Gasteiger partial charge is 0.239 e. The highest BCUT2D eigenvalue weighted by Gasteiger charge is 2.28. The highest BCUT2D eigenvalue weighted by Crippen LogP contribution is 2.30. The van der Waals surface area contributed by atoms with E-state index in [4.69, 9.17) is 5.73 Å². The molecule has 0 saturated heterocycles. The fourth-order valence-corrected chi connectivity index (χ4v) is 2.81. The van der Waals surface area contributed by atoms with Crippen LogP contribution in [-0.4, -0.2) is 25.5 Å². The van der Waals surface area contributed by atoms with Crippen molar-refractivity contribution in [1.29, 1.82) is 0 Å². The van der Waals surface area contributed by atoms with Gasteiger partial charge < -0.3 is 10.6 Å². The molecule has 4 heteroatoms. The lowest BCUT2D eigenvalue weighted by Gasteiger charge is -2.28. The average Bonchev–Trinajstić information content (AvgIpc) is 3.19. The Balaban J connectivity index is 1.88. The van der Waals surface area contributed by atoms with E-state index < -0.39 is 0 Å². The number of nitrogens with zero attached hydrogens (tertiary/aromatic N) is 1. The van der Waals surface area contributed by atoms with Crippen LogP contribution >= 0.6 is 0 Å². The molecule has 1 saturated carbocycles. The monoisotopic (exact) mass is 259 g/mol.